The maximum Gasteiger partial charge on any atom is 0.234 e. The van der Waals surface area contributed by atoms with Crippen LogP contribution < -0.4 is 10.1 Å². The monoisotopic (exact) mass is 456 g/mol. The normalized spacial score (nSPS) is 11.2. The lowest BCUT2D eigenvalue weighted by molar-refractivity contribution is -0.113. The van der Waals surface area contributed by atoms with Gasteiger partial charge in [0, 0.05) is 13.6 Å². The van der Waals surface area contributed by atoms with Gasteiger partial charge in [0.2, 0.25) is 5.91 Å². The molecule has 0 atom stereocenters. The van der Waals surface area contributed by atoms with Crippen LogP contribution in [0.25, 0.3) is 0 Å². The Morgan fingerprint density at radius 3 is 2.50 bits per heavy atom. The molecule has 32 heavy (non-hydrogen) atoms. The molecule has 1 aromatic carbocycles. The van der Waals surface area contributed by atoms with Gasteiger partial charge in [-0.2, -0.15) is 5.10 Å². The number of nitrogens with one attached hydrogen (secondary N) is 1. The molecule has 1 N–H and O–H groups in total. The summed E-state index contributed by atoms with van der Waals surface area (Å²) in [6, 6.07) is 8.09. The topological polar surface area (TPSA) is 86.9 Å². The first kappa shape index (κ1) is 23.8. The van der Waals surface area contributed by atoms with E-state index >= 15 is 0 Å². The van der Waals surface area contributed by atoms with Crippen molar-refractivity contribution >= 4 is 23.4 Å². The largest absolute Gasteiger partial charge is 0.486 e. The Balaban J connectivity index is 1.65. The smallest absolute Gasteiger partial charge is 0.234 e. The lowest BCUT2D eigenvalue weighted by Gasteiger charge is -2.13. The third-order valence-electron chi connectivity index (χ3n) is 5.15. The number of anilines is 1. The number of amides is 1. The predicted octanol–water partition coefficient (Wildman–Crippen LogP) is 4.16. The van der Waals surface area contributed by atoms with E-state index in [0.29, 0.717) is 17.7 Å². The number of hydrogen-bond donors (Lipinski definition) is 1. The summed E-state index contributed by atoms with van der Waals surface area (Å²) in [5, 5.41) is 16.7. The minimum absolute atomic E-state index is 0.0953. The van der Waals surface area contributed by atoms with Gasteiger partial charge in [0.25, 0.3) is 0 Å². The summed E-state index contributed by atoms with van der Waals surface area (Å²) < 4.78 is 9.75. The quantitative estimate of drug-likeness (QED) is 0.461. The number of aromatic nitrogens is 5. The molecule has 9 heteroatoms. The first-order valence-electron chi connectivity index (χ1n) is 10.8. The number of thioether (sulfide) groups is 1. The third-order valence-corrected chi connectivity index (χ3v) is 6.11. The molecule has 0 aliphatic rings. The van der Waals surface area contributed by atoms with Gasteiger partial charge in [-0.3, -0.25) is 9.48 Å². The fraction of sp³-hybridized carbons (Fsp3) is 0.478. The molecule has 0 saturated carbocycles. The second-order valence-electron chi connectivity index (χ2n) is 8.20. The van der Waals surface area contributed by atoms with Gasteiger partial charge >= 0.3 is 0 Å². The van der Waals surface area contributed by atoms with Crippen molar-refractivity contribution in [3.63, 3.8) is 0 Å². The second kappa shape index (κ2) is 10.7. The van der Waals surface area contributed by atoms with E-state index in [0.717, 1.165) is 41.6 Å². The standard InChI is InChI=1S/C23H32N6O2S/c1-7-18-8-10-19(11-9-18)31-13-20-25-26-23(29(20)12-15(2)3)32-14-21(30)24-22-16(4)27-28(6)17(22)5/h8-11,15H,7,12-14H2,1-6H3,(H,24,30). The van der Waals surface area contributed by atoms with Crippen molar-refractivity contribution in [2.75, 3.05) is 11.1 Å². The molecule has 0 radical (unpaired) electrons. The highest BCUT2D eigenvalue weighted by Crippen LogP contribution is 2.22. The number of aryl methyl sites for hydroxylation is 3. The second-order valence-corrected chi connectivity index (χ2v) is 9.14. The molecule has 172 valence electrons. The summed E-state index contributed by atoms with van der Waals surface area (Å²) in [5.74, 6) is 2.10. The summed E-state index contributed by atoms with van der Waals surface area (Å²) in [6.07, 6.45) is 0.997. The van der Waals surface area contributed by atoms with E-state index in [1.807, 2.05) is 37.6 Å². The maximum atomic E-state index is 12.6. The number of nitrogens with zero attached hydrogens (tertiary/aromatic N) is 5. The van der Waals surface area contributed by atoms with Crippen LogP contribution in [0.5, 0.6) is 5.75 Å². The van der Waals surface area contributed by atoms with Crippen LogP contribution in [0.3, 0.4) is 0 Å². The van der Waals surface area contributed by atoms with Gasteiger partial charge in [-0.05, 0) is 43.9 Å². The van der Waals surface area contributed by atoms with E-state index in [-0.39, 0.29) is 11.7 Å². The molecule has 0 spiro atoms. The van der Waals surface area contributed by atoms with Crippen molar-refractivity contribution in [1.29, 1.82) is 0 Å². The summed E-state index contributed by atoms with van der Waals surface area (Å²) >= 11 is 1.38. The van der Waals surface area contributed by atoms with Gasteiger partial charge in [0.05, 0.1) is 22.8 Å². The molecular weight excluding hydrogens is 424 g/mol. The van der Waals surface area contributed by atoms with Crippen LogP contribution in [0.1, 0.15) is 43.5 Å². The van der Waals surface area contributed by atoms with Crippen molar-refractivity contribution < 1.29 is 9.53 Å². The Labute approximate surface area is 193 Å². The van der Waals surface area contributed by atoms with Crippen molar-refractivity contribution in [3.8, 4) is 5.75 Å². The highest BCUT2D eigenvalue weighted by molar-refractivity contribution is 7.99. The number of benzene rings is 1. The SMILES string of the molecule is CCc1ccc(OCc2nnc(SCC(=O)Nc3c(C)nn(C)c3C)n2CC(C)C)cc1. The molecule has 0 bridgehead atoms. The third kappa shape index (κ3) is 5.91. The summed E-state index contributed by atoms with van der Waals surface area (Å²) in [4.78, 5) is 12.6. The highest BCUT2D eigenvalue weighted by Gasteiger charge is 2.17. The molecule has 0 aliphatic carbocycles. The molecule has 0 aliphatic heterocycles. The number of rotatable bonds is 10. The lowest BCUT2D eigenvalue weighted by atomic mass is 10.2. The summed E-state index contributed by atoms with van der Waals surface area (Å²) in [7, 11) is 1.86. The molecular formula is C23H32N6O2S. The zero-order chi connectivity index (χ0) is 23.3. The van der Waals surface area contributed by atoms with Crippen LogP contribution in [0, 0.1) is 19.8 Å². The summed E-state index contributed by atoms with van der Waals surface area (Å²) in [5.41, 5.74) is 3.77. The van der Waals surface area contributed by atoms with E-state index in [9.17, 15) is 4.79 Å². The summed E-state index contributed by atoms with van der Waals surface area (Å²) in [6.45, 7) is 11.3. The van der Waals surface area contributed by atoms with Gasteiger partial charge in [-0.25, -0.2) is 0 Å². The van der Waals surface area contributed by atoms with Gasteiger partial charge < -0.3 is 14.6 Å². The van der Waals surface area contributed by atoms with Crippen LogP contribution in [0.4, 0.5) is 5.69 Å². The lowest BCUT2D eigenvalue weighted by Crippen LogP contribution is -2.16. The zero-order valence-corrected chi connectivity index (χ0v) is 20.5. The number of carbonyl (C=O) groups excluding carboxylic acids is 1. The Morgan fingerprint density at radius 1 is 1.19 bits per heavy atom. The molecule has 1 amide bonds. The average Bonchev–Trinajstić information content (AvgIpc) is 3.25. The van der Waals surface area contributed by atoms with Crippen LogP contribution in [-0.4, -0.2) is 36.2 Å². The molecule has 3 aromatic rings. The van der Waals surface area contributed by atoms with Crippen molar-refractivity contribution in [1.82, 2.24) is 24.5 Å². The fourth-order valence-corrected chi connectivity index (χ4v) is 4.08. The molecule has 2 heterocycles. The van der Waals surface area contributed by atoms with Crippen LogP contribution in [-0.2, 0) is 31.4 Å². The Bertz CT molecular complexity index is 1060. The number of hydrogen-bond acceptors (Lipinski definition) is 6. The van der Waals surface area contributed by atoms with Gasteiger partial charge in [-0.15, -0.1) is 10.2 Å². The Morgan fingerprint density at radius 2 is 1.91 bits per heavy atom. The van der Waals surface area contributed by atoms with Crippen molar-refractivity contribution in [2.45, 2.75) is 59.3 Å². The van der Waals surface area contributed by atoms with Gasteiger partial charge in [-0.1, -0.05) is 44.7 Å². The van der Waals surface area contributed by atoms with Crippen molar-refractivity contribution in [3.05, 3.63) is 47.0 Å². The molecule has 0 unspecified atom stereocenters. The van der Waals surface area contributed by atoms with E-state index in [2.05, 4.69) is 53.5 Å². The Hall–Kier alpha value is -2.81. The van der Waals surface area contributed by atoms with E-state index in [1.165, 1.54) is 17.3 Å². The maximum absolute atomic E-state index is 12.6. The van der Waals surface area contributed by atoms with E-state index in [1.54, 1.807) is 4.68 Å². The molecule has 0 saturated heterocycles. The molecule has 2 aromatic heterocycles. The first-order valence-corrected chi connectivity index (χ1v) is 11.8. The highest BCUT2D eigenvalue weighted by atomic mass is 32.2. The minimum atomic E-state index is -0.0953. The van der Waals surface area contributed by atoms with E-state index < -0.39 is 0 Å². The number of ether oxygens (including phenoxy) is 1. The van der Waals surface area contributed by atoms with Crippen LogP contribution in [0.15, 0.2) is 29.4 Å². The Kier molecular flexibility index (Phi) is 7.95. The average molecular weight is 457 g/mol. The number of carbonyl (C=O) groups is 1. The predicted molar refractivity (Wildman–Crippen MR) is 127 cm³/mol. The molecule has 3 rings (SSSR count). The fourth-order valence-electron chi connectivity index (χ4n) is 3.31. The molecule has 0 fully saturated rings. The van der Waals surface area contributed by atoms with Crippen molar-refractivity contribution in [2.24, 2.45) is 13.0 Å². The minimum Gasteiger partial charge on any atom is -0.486 e. The zero-order valence-electron chi connectivity index (χ0n) is 19.7. The molecule has 8 nitrogen and oxygen atoms in total. The first-order chi connectivity index (χ1) is 15.3. The van der Waals surface area contributed by atoms with Crippen LogP contribution >= 0.6 is 11.8 Å². The van der Waals surface area contributed by atoms with Gasteiger partial charge in [0.1, 0.15) is 12.4 Å². The van der Waals surface area contributed by atoms with E-state index in [4.69, 9.17) is 4.74 Å². The van der Waals surface area contributed by atoms with Gasteiger partial charge in [0.15, 0.2) is 11.0 Å². The van der Waals surface area contributed by atoms with Crippen LogP contribution in [0.2, 0.25) is 0 Å².